The average Bonchev–Trinajstić information content (AvgIpc) is 2.58. The third-order valence-electron chi connectivity index (χ3n) is 3.14. The van der Waals surface area contributed by atoms with E-state index in [4.69, 9.17) is 4.74 Å². The van der Waals surface area contributed by atoms with Gasteiger partial charge in [0.15, 0.2) is 5.82 Å². The van der Waals surface area contributed by atoms with Crippen molar-refractivity contribution in [1.82, 2.24) is 0 Å². The second-order valence-electron chi connectivity index (χ2n) is 4.78. The molecule has 0 aliphatic rings. The molecule has 2 aromatic rings. The Bertz CT molecular complexity index is 763. The number of ether oxygens (including phenoxy) is 1. The number of rotatable bonds is 6. The first-order valence-corrected chi connectivity index (χ1v) is 8.22. The van der Waals surface area contributed by atoms with Crippen LogP contribution in [0.2, 0.25) is 0 Å². The van der Waals surface area contributed by atoms with E-state index in [0.717, 1.165) is 18.6 Å². The minimum Gasteiger partial charge on any atom is -0.456 e. The molecule has 0 saturated heterocycles. The summed E-state index contributed by atoms with van der Waals surface area (Å²) in [7, 11) is 0. The van der Waals surface area contributed by atoms with E-state index in [9.17, 15) is 14.9 Å². The molecule has 0 aliphatic heterocycles. The highest BCUT2D eigenvalue weighted by Gasteiger charge is 2.20. The molecule has 0 aromatic heterocycles. The van der Waals surface area contributed by atoms with Crippen molar-refractivity contribution >= 4 is 11.8 Å². The Hall–Kier alpha value is -2.50. The monoisotopic (exact) mass is 326 g/mol. The van der Waals surface area contributed by atoms with Crippen molar-refractivity contribution in [2.24, 2.45) is 0 Å². The Labute approximate surface area is 139 Å². The molecule has 0 spiro atoms. The molecule has 0 bridgehead atoms. The van der Waals surface area contributed by atoms with Gasteiger partial charge in [-0.15, -0.1) is 11.8 Å². The van der Waals surface area contributed by atoms with Crippen molar-refractivity contribution < 1.29 is 9.13 Å². The Morgan fingerprint density at radius 3 is 2.43 bits per heavy atom. The lowest BCUT2D eigenvalue weighted by Gasteiger charge is -2.12. The summed E-state index contributed by atoms with van der Waals surface area (Å²) in [4.78, 5) is 0.333. The minimum atomic E-state index is -0.648. The van der Waals surface area contributed by atoms with Crippen LogP contribution in [0.4, 0.5) is 4.39 Å². The van der Waals surface area contributed by atoms with Crippen LogP contribution in [-0.4, -0.2) is 5.75 Å². The second kappa shape index (κ2) is 8.22. The van der Waals surface area contributed by atoms with Gasteiger partial charge in [0.2, 0.25) is 0 Å². The maximum atomic E-state index is 14.4. The summed E-state index contributed by atoms with van der Waals surface area (Å²) < 4.78 is 20.1. The van der Waals surface area contributed by atoms with E-state index in [2.05, 4.69) is 6.92 Å². The minimum absolute atomic E-state index is 0.0753. The Morgan fingerprint density at radius 2 is 1.83 bits per heavy atom. The van der Waals surface area contributed by atoms with Gasteiger partial charge in [0.1, 0.15) is 34.8 Å². The third kappa shape index (κ3) is 4.03. The van der Waals surface area contributed by atoms with Gasteiger partial charge in [-0.05, 0) is 30.4 Å². The Balaban J connectivity index is 2.45. The van der Waals surface area contributed by atoms with Gasteiger partial charge in [0.05, 0.1) is 0 Å². The summed E-state index contributed by atoms with van der Waals surface area (Å²) in [6, 6.07) is 14.1. The zero-order valence-electron chi connectivity index (χ0n) is 12.7. The fourth-order valence-corrected chi connectivity index (χ4v) is 3.03. The molecule has 5 heteroatoms. The van der Waals surface area contributed by atoms with Crippen LogP contribution in [-0.2, 0) is 0 Å². The van der Waals surface area contributed by atoms with Crippen LogP contribution in [0.15, 0.2) is 41.3 Å². The molecular formula is C18H15FN2OS. The molecule has 3 nitrogen and oxygen atoms in total. The maximum absolute atomic E-state index is 14.4. The van der Waals surface area contributed by atoms with Crippen LogP contribution < -0.4 is 4.74 Å². The van der Waals surface area contributed by atoms with Crippen molar-refractivity contribution in [3.63, 3.8) is 0 Å². The van der Waals surface area contributed by atoms with Gasteiger partial charge >= 0.3 is 0 Å². The van der Waals surface area contributed by atoms with Gasteiger partial charge in [-0.25, -0.2) is 4.39 Å². The number of nitriles is 2. The summed E-state index contributed by atoms with van der Waals surface area (Å²) in [6.07, 6.45) is 1.95. The topological polar surface area (TPSA) is 56.8 Å². The number of benzene rings is 2. The molecule has 116 valence electrons. The highest BCUT2D eigenvalue weighted by molar-refractivity contribution is 7.99. The number of hydrogen-bond acceptors (Lipinski definition) is 4. The Morgan fingerprint density at radius 1 is 1.13 bits per heavy atom. The number of para-hydroxylation sites is 1. The molecular weight excluding hydrogens is 311 g/mol. The zero-order chi connectivity index (χ0) is 16.7. The first-order chi connectivity index (χ1) is 11.2. The number of nitrogens with zero attached hydrogens (tertiary/aromatic N) is 2. The fraction of sp³-hybridized carbons (Fsp3) is 0.222. The second-order valence-corrected chi connectivity index (χ2v) is 5.91. The predicted octanol–water partition coefficient (Wildman–Crippen LogP) is 5.25. The smallest absolute Gasteiger partial charge is 0.156 e. The number of hydrogen-bond donors (Lipinski definition) is 0. The Kier molecular flexibility index (Phi) is 6.02. The first kappa shape index (κ1) is 16.9. The van der Waals surface area contributed by atoms with E-state index in [-0.39, 0.29) is 16.9 Å². The molecule has 0 fully saturated rings. The molecule has 23 heavy (non-hydrogen) atoms. The van der Waals surface area contributed by atoms with E-state index in [0.29, 0.717) is 10.6 Å². The fourth-order valence-electron chi connectivity index (χ4n) is 1.95. The van der Waals surface area contributed by atoms with Crippen LogP contribution in [0.25, 0.3) is 0 Å². The maximum Gasteiger partial charge on any atom is 0.156 e. The number of unbranched alkanes of at least 4 members (excludes halogenated alkanes) is 1. The molecule has 0 aliphatic carbocycles. The summed E-state index contributed by atoms with van der Waals surface area (Å²) in [5, 5.41) is 18.5. The van der Waals surface area contributed by atoms with E-state index < -0.39 is 5.82 Å². The highest BCUT2D eigenvalue weighted by Crippen LogP contribution is 2.35. The third-order valence-corrected chi connectivity index (χ3v) is 4.25. The molecule has 0 heterocycles. The lowest BCUT2D eigenvalue weighted by molar-refractivity contribution is 0.475. The van der Waals surface area contributed by atoms with Crippen molar-refractivity contribution in [1.29, 1.82) is 10.5 Å². The first-order valence-electron chi connectivity index (χ1n) is 7.23. The van der Waals surface area contributed by atoms with Gasteiger partial charge in [-0.1, -0.05) is 31.5 Å². The lowest BCUT2D eigenvalue weighted by Crippen LogP contribution is -1.98. The molecule has 0 atom stereocenters. The van der Waals surface area contributed by atoms with Gasteiger partial charge in [-0.2, -0.15) is 10.5 Å². The molecule has 0 N–H and O–H groups in total. The van der Waals surface area contributed by atoms with Crippen molar-refractivity contribution in [2.75, 3.05) is 5.75 Å². The van der Waals surface area contributed by atoms with Gasteiger partial charge in [0.25, 0.3) is 0 Å². The largest absolute Gasteiger partial charge is 0.456 e. The van der Waals surface area contributed by atoms with Crippen molar-refractivity contribution in [3.8, 4) is 23.6 Å². The van der Waals surface area contributed by atoms with E-state index in [1.54, 1.807) is 30.3 Å². The quantitative estimate of drug-likeness (QED) is 0.537. The van der Waals surface area contributed by atoms with Crippen LogP contribution >= 0.6 is 11.8 Å². The van der Waals surface area contributed by atoms with E-state index >= 15 is 0 Å². The summed E-state index contributed by atoms with van der Waals surface area (Å²) in [6.45, 7) is 2.06. The SMILES string of the molecule is CCCCSc1cc(Oc2ccccc2)c(C#N)c(C#N)c1F. The lowest BCUT2D eigenvalue weighted by atomic mass is 10.1. The zero-order valence-corrected chi connectivity index (χ0v) is 13.5. The number of thioether (sulfide) groups is 1. The summed E-state index contributed by atoms with van der Waals surface area (Å²) >= 11 is 1.33. The van der Waals surface area contributed by atoms with Crippen LogP contribution in [0.1, 0.15) is 30.9 Å². The predicted molar refractivity (Wildman–Crippen MR) is 88.0 cm³/mol. The van der Waals surface area contributed by atoms with E-state index in [1.165, 1.54) is 17.8 Å². The summed E-state index contributed by atoms with van der Waals surface area (Å²) in [5.41, 5.74) is -0.339. The van der Waals surface area contributed by atoms with Gasteiger partial charge < -0.3 is 4.74 Å². The van der Waals surface area contributed by atoms with Gasteiger partial charge in [0, 0.05) is 4.90 Å². The molecule has 2 rings (SSSR count). The normalized spacial score (nSPS) is 9.91. The highest BCUT2D eigenvalue weighted by atomic mass is 32.2. The van der Waals surface area contributed by atoms with Crippen molar-refractivity contribution in [2.45, 2.75) is 24.7 Å². The number of halogens is 1. The molecule has 0 amide bonds. The molecule has 0 unspecified atom stereocenters. The van der Waals surface area contributed by atoms with Crippen LogP contribution in [0, 0.1) is 28.5 Å². The molecule has 0 saturated carbocycles. The standard InChI is InChI=1S/C18H15FN2OS/c1-2-3-9-23-17-10-16(22-13-7-5-4-6-8-13)14(11-20)15(12-21)18(17)19/h4-8,10H,2-3,9H2,1H3. The van der Waals surface area contributed by atoms with Crippen molar-refractivity contribution in [3.05, 3.63) is 53.3 Å². The van der Waals surface area contributed by atoms with Crippen LogP contribution in [0.3, 0.4) is 0 Å². The van der Waals surface area contributed by atoms with Gasteiger partial charge in [-0.3, -0.25) is 0 Å². The van der Waals surface area contributed by atoms with E-state index in [1.807, 2.05) is 12.1 Å². The summed E-state index contributed by atoms with van der Waals surface area (Å²) in [5.74, 6) is 0.833. The molecule has 2 aromatic carbocycles. The van der Waals surface area contributed by atoms with Crippen LogP contribution in [0.5, 0.6) is 11.5 Å². The molecule has 0 radical (unpaired) electrons. The average molecular weight is 326 g/mol.